The molecule has 2 aliphatic rings. The van der Waals surface area contributed by atoms with E-state index < -0.39 is 34.5 Å². The van der Waals surface area contributed by atoms with Crippen LogP contribution >= 0.6 is 69.6 Å². The fourth-order valence-electron chi connectivity index (χ4n) is 6.07. The van der Waals surface area contributed by atoms with Crippen molar-refractivity contribution in [2.24, 2.45) is 0 Å². The van der Waals surface area contributed by atoms with Gasteiger partial charge in [-0.15, -0.1) is 0 Å². The molecule has 2 heterocycles. The van der Waals surface area contributed by atoms with E-state index in [0.717, 1.165) is 9.80 Å². The quantitative estimate of drug-likeness (QED) is 0.0732. The average molecular weight is 786 g/mol. The van der Waals surface area contributed by atoms with Crippen LogP contribution in [0.25, 0.3) is 0 Å². The van der Waals surface area contributed by atoms with E-state index in [1.807, 2.05) is 0 Å². The number of carbonyl (C=O) groups excluding carboxylic acids is 4. The van der Waals surface area contributed by atoms with Gasteiger partial charge in [0.05, 0.1) is 68.7 Å². The number of nitro benzene ring substituents is 1. The number of halogens is 6. The van der Waals surface area contributed by atoms with Crippen molar-refractivity contribution < 1.29 is 24.1 Å². The maximum Gasteiger partial charge on any atom is 0.269 e. The highest BCUT2D eigenvalue weighted by Crippen LogP contribution is 2.43. The Labute approximate surface area is 312 Å². The molecule has 5 aromatic rings. The molecule has 2 aliphatic heterocycles. The Morgan fingerprint density at radius 1 is 0.480 bits per heavy atom. The second-order valence-electron chi connectivity index (χ2n) is 11.2. The van der Waals surface area contributed by atoms with Crippen LogP contribution in [0, 0.1) is 10.1 Å². The molecule has 0 aliphatic carbocycles. The van der Waals surface area contributed by atoms with Crippen LogP contribution in [0.3, 0.4) is 0 Å². The number of hydrogen-bond acceptors (Lipinski definition) is 6. The number of carbonyl (C=O) groups is 4. The molecule has 15 heteroatoms. The van der Waals surface area contributed by atoms with Crippen molar-refractivity contribution >= 4 is 110 Å². The van der Waals surface area contributed by atoms with Gasteiger partial charge in [-0.05, 0) is 65.2 Å². The van der Waals surface area contributed by atoms with Crippen molar-refractivity contribution in [1.29, 1.82) is 0 Å². The zero-order valence-electron chi connectivity index (χ0n) is 24.7. The Balaban J connectivity index is 1.30. The smallest absolute Gasteiger partial charge is 0.268 e. The summed E-state index contributed by atoms with van der Waals surface area (Å²) in [6.45, 7) is 0. The van der Waals surface area contributed by atoms with Crippen LogP contribution in [0.1, 0.15) is 64.0 Å². The van der Waals surface area contributed by atoms with Gasteiger partial charge in [-0.25, -0.2) is 9.80 Å². The van der Waals surface area contributed by atoms with Crippen LogP contribution in [0.15, 0.2) is 84.9 Å². The van der Waals surface area contributed by atoms with Gasteiger partial charge in [0.1, 0.15) is 0 Å². The van der Waals surface area contributed by atoms with Crippen molar-refractivity contribution in [3.8, 4) is 0 Å². The first kappa shape index (κ1) is 34.0. The van der Waals surface area contributed by atoms with Crippen LogP contribution < -0.4 is 9.80 Å². The lowest BCUT2D eigenvalue weighted by molar-refractivity contribution is -0.384. The number of fused-ring (bicyclic) bond motifs is 2. The molecule has 9 nitrogen and oxygen atoms in total. The molecule has 50 heavy (non-hydrogen) atoms. The summed E-state index contributed by atoms with van der Waals surface area (Å²) in [7, 11) is 0. The number of non-ortho nitro benzene ring substituents is 1. The van der Waals surface area contributed by atoms with Gasteiger partial charge >= 0.3 is 0 Å². The minimum absolute atomic E-state index is 0.0238. The van der Waals surface area contributed by atoms with Crippen LogP contribution in [0.5, 0.6) is 0 Å². The summed E-state index contributed by atoms with van der Waals surface area (Å²) in [6.07, 6.45) is 0. The van der Waals surface area contributed by atoms with Gasteiger partial charge in [0.25, 0.3) is 29.3 Å². The highest BCUT2D eigenvalue weighted by molar-refractivity contribution is 6.46. The summed E-state index contributed by atoms with van der Waals surface area (Å²) in [4.78, 5) is 66.3. The van der Waals surface area contributed by atoms with Gasteiger partial charge in [0.15, 0.2) is 0 Å². The standard InChI is InChI=1S/C35H15Cl6N3O6/c36-23-11-19-20(12-24(23)37)33(46)42(32(19)45)29-6-4-16(9-27(29)40)31(15-2-1-3-18(8-15)44(49)50)17-5-7-30(28(41)10-17)43-34(47)21-13-25(38)26(39)14-22(21)35(43)48/h1-14,31H. The fourth-order valence-corrected chi connectivity index (χ4v) is 7.27. The second kappa shape index (κ2) is 12.7. The minimum Gasteiger partial charge on any atom is -0.268 e. The van der Waals surface area contributed by atoms with Gasteiger partial charge in [-0.1, -0.05) is 93.9 Å². The van der Waals surface area contributed by atoms with Crippen molar-refractivity contribution in [2.45, 2.75) is 5.92 Å². The number of amides is 4. The molecule has 0 atom stereocenters. The largest absolute Gasteiger partial charge is 0.269 e. The number of imide groups is 2. The molecule has 5 aromatic carbocycles. The number of nitro groups is 1. The molecular weight excluding hydrogens is 771 g/mol. The number of hydrogen-bond donors (Lipinski definition) is 0. The molecule has 0 unspecified atom stereocenters. The predicted molar refractivity (Wildman–Crippen MR) is 192 cm³/mol. The lowest BCUT2D eigenvalue weighted by Crippen LogP contribution is -2.29. The monoisotopic (exact) mass is 783 g/mol. The first-order valence-corrected chi connectivity index (χ1v) is 16.6. The van der Waals surface area contributed by atoms with Crippen molar-refractivity contribution in [3.05, 3.63) is 164 Å². The van der Waals surface area contributed by atoms with E-state index in [1.54, 1.807) is 18.2 Å². The molecule has 0 fully saturated rings. The summed E-state index contributed by atoms with van der Waals surface area (Å²) in [5, 5.41) is 12.2. The molecule has 0 aromatic heterocycles. The lowest BCUT2D eigenvalue weighted by atomic mass is 9.84. The van der Waals surface area contributed by atoms with Gasteiger partial charge in [0, 0.05) is 18.1 Å². The van der Waals surface area contributed by atoms with E-state index in [4.69, 9.17) is 69.6 Å². The van der Waals surface area contributed by atoms with E-state index >= 15 is 0 Å². The van der Waals surface area contributed by atoms with Crippen molar-refractivity contribution in [2.75, 3.05) is 9.80 Å². The SMILES string of the molecule is O=C1c2cc(Cl)c(Cl)cc2C(=O)N1c1ccc(C(c2cccc([N+](=O)[O-])c2)c2ccc(N3C(=O)c4cc(Cl)c(Cl)cc4C3=O)c(Cl)c2)cc1Cl. The zero-order valence-corrected chi connectivity index (χ0v) is 29.3. The molecular formula is C35H15Cl6N3O6. The van der Waals surface area contributed by atoms with Crippen LogP contribution in [-0.4, -0.2) is 28.6 Å². The predicted octanol–water partition coefficient (Wildman–Crippen LogP) is 10.3. The Hall–Kier alpha value is -4.48. The summed E-state index contributed by atoms with van der Waals surface area (Å²) in [5.41, 5.74) is 1.77. The van der Waals surface area contributed by atoms with Crippen molar-refractivity contribution in [1.82, 2.24) is 0 Å². The molecule has 0 radical (unpaired) electrons. The summed E-state index contributed by atoms with van der Waals surface area (Å²) >= 11 is 37.9. The van der Waals surface area contributed by atoms with E-state index in [0.29, 0.717) is 16.7 Å². The Morgan fingerprint density at radius 2 is 0.840 bits per heavy atom. The number of nitrogens with zero attached hydrogens (tertiary/aromatic N) is 3. The first-order valence-electron chi connectivity index (χ1n) is 14.4. The molecule has 0 N–H and O–H groups in total. The highest BCUT2D eigenvalue weighted by Gasteiger charge is 2.40. The van der Waals surface area contributed by atoms with Gasteiger partial charge in [-0.3, -0.25) is 29.3 Å². The van der Waals surface area contributed by atoms with E-state index in [9.17, 15) is 29.3 Å². The van der Waals surface area contributed by atoms with Crippen molar-refractivity contribution in [3.63, 3.8) is 0 Å². The van der Waals surface area contributed by atoms with E-state index in [-0.39, 0.29) is 69.5 Å². The molecule has 0 spiro atoms. The number of benzene rings is 5. The third-order valence-electron chi connectivity index (χ3n) is 8.36. The van der Waals surface area contributed by atoms with Gasteiger partial charge in [-0.2, -0.15) is 0 Å². The Bertz CT molecular complexity index is 2180. The summed E-state index contributed by atoms with van der Waals surface area (Å²) in [6, 6.07) is 20.5. The van der Waals surface area contributed by atoms with Crippen LogP contribution in [-0.2, 0) is 0 Å². The third kappa shape index (κ3) is 5.51. The second-order valence-corrected chi connectivity index (χ2v) is 13.7. The Kier molecular flexibility index (Phi) is 8.63. The maximum atomic E-state index is 13.3. The summed E-state index contributed by atoms with van der Waals surface area (Å²) < 4.78 is 0. The number of rotatable bonds is 6. The molecule has 0 saturated heterocycles. The van der Waals surface area contributed by atoms with E-state index in [1.165, 1.54) is 66.7 Å². The Morgan fingerprint density at radius 3 is 1.18 bits per heavy atom. The van der Waals surface area contributed by atoms with Gasteiger partial charge < -0.3 is 0 Å². The molecule has 7 rings (SSSR count). The minimum atomic E-state index is -0.743. The molecule has 4 amide bonds. The maximum absolute atomic E-state index is 13.3. The first-order chi connectivity index (χ1) is 23.8. The lowest BCUT2D eigenvalue weighted by Gasteiger charge is -2.23. The normalized spacial score (nSPS) is 13.8. The topological polar surface area (TPSA) is 118 Å². The third-order valence-corrected chi connectivity index (χ3v) is 10.4. The van der Waals surface area contributed by atoms with E-state index in [2.05, 4.69) is 0 Å². The number of anilines is 2. The summed E-state index contributed by atoms with van der Waals surface area (Å²) in [5.74, 6) is -3.32. The molecule has 248 valence electrons. The molecule has 0 saturated carbocycles. The average Bonchev–Trinajstić information content (AvgIpc) is 3.45. The van der Waals surface area contributed by atoms with Crippen LogP contribution in [0.4, 0.5) is 17.1 Å². The van der Waals surface area contributed by atoms with Gasteiger partial charge in [0.2, 0.25) is 0 Å². The van der Waals surface area contributed by atoms with Crippen LogP contribution in [0.2, 0.25) is 30.1 Å². The molecule has 0 bridgehead atoms. The fraction of sp³-hybridized carbons (Fsp3) is 0.0286. The zero-order chi connectivity index (χ0) is 35.8. The highest BCUT2D eigenvalue weighted by atomic mass is 35.5.